The van der Waals surface area contributed by atoms with Gasteiger partial charge in [0.1, 0.15) is 0 Å². The van der Waals surface area contributed by atoms with Crippen molar-refractivity contribution in [3.63, 3.8) is 0 Å². The Hall–Kier alpha value is -3.71. The fraction of sp³-hybridized carbons (Fsp3) is 0.200. The number of nitrogens with one attached hydrogen (secondary N) is 2. The smallest absolute Gasteiger partial charge is 0.315 e. The SMILES string of the molecule is CC(=O)Nc1c([N+](=O)[O-])c(F)c([N+](=O)[O-])c(NC(C)=O)c1[N+](=O)[O-]. The Balaban J connectivity index is 4.12. The van der Waals surface area contributed by atoms with Gasteiger partial charge in [0.25, 0.3) is 5.82 Å². The van der Waals surface area contributed by atoms with Gasteiger partial charge in [-0.25, -0.2) is 0 Å². The fourth-order valence-electron chi connectivity index (χ4n) is 1.80. The third-order valence-corrected chi connectivity index (χ3v) is 2.51. The molecule has 0 heterocycles. The molecular weight excluding hydrogens is 337 g/mol. The van der Waals surface area contributed by atoms with E-state index in [-0.39, 0.29) is 0 Å². The molecule has 2 amide bonds. The maximum atomic E-state index is 14.2. The summed E-state index contributed by atoms with van der Waals surface area (Å²) >= 11 is 0. The normalized spacial score (nSPS) is 9.96. The Morgan fingerprint density at radius 1 is 0.792 bits per heavy atom. The molecule has 1 aromatic rings. The molecule has 0 aromatic heterocycles. The minimum atomic E-state index is -2.05. The van der Waals surface area contributed by atoms with Crippen LogP contribution >= 0.6 is 0 Å². The zero-order valence-corrected chi connectivity index (χ0v) is 12.0. The Bertz CT molecular complexity index is 737. The van der Waals surface area contributed by atoms with Crippen LogP contribution < -0.4 is 10.6 Å². The molecule has 0 atom stereocenters. The van der Waals surface area contributed by atoms with E-state index in [1.54, 1.807) is 10.6 Å². The number of hydrogen-bond acceptors (Lipinski definition) is 8. The minimum absolute atomic E-state index is 0.824. The van der Waals surface area contributed by atoms with Gasteiger partial charge in [-0.2, -0.15) is 4.39 Å². The summed E-state index contributed by atoms with van der Waals surface area (Å²) in [6.45, 7) is 1.65. The van der Waals surface area contributed by atoms with Crippen molar-refractivity contribution in [3.05, 3.63) is 36.2 Å². The molecule has 0 bridgehead atoms. The molecule has 0 radical (unpaired) electrons. The number of benzene rings is 1. The highest BCUT2D eigenvalue weighted by atomic mass is 19.1. The molecule has 0 spiro atoms. The van der Waals surface area contributed by atoms with Gasteiger partial charge >= 0.3 is 17.1 Å². The van der Waals surface area contributed by atoms with E-state index in [0.29, 0.717) is 0 Å². The molecular formula is C10H8FN5O8. The Kier molecular flexibility index (Phi) is 5.04. The molecule has 0 saturated heterocycles. The first-order chi connectivity index (χ1) is 11.0. The molecule has 0 fully saturated rings. The van der Waals surface area contributed by atoms with E-state index in [1.807, 2.05) is 0 Å². The van der Waals surface area contributed by atoms with Crippen molar-refractivity contribution in [2.75, 3.05) is 10.6 Å². The van der Waals surface area contributed by atoms with E-state index in [2.05, 4.69) is 0 Å². The Morgan fingerprint density at radius 3 is 1.29 bits per heavy atom. The van der Waals surface area contributed by atoms with Gasteiger partial charge in [0.2, 0.25) is 23.2 Å². The predicted octanol–water partition coefficient (Wildman–Crippen LogP) is 1.47. The molecule has 0 aliphatic heterocycles. The second kappa shape index (κ2) is 6.59. The van der Waals surface area contributed by atoms with Gasteiger partial charge < -0.3 is 10.6 Å². The van der Waals surface area contributed by atoms with Crippen molar-refractivity contribution in [2.45, 2.75) is 13.8 Å². The number of halogens is 1. The number of carbonyl (C=O) groups excluding carboxylic acids is 2. The van der Waals surface area contributed by atoms with Crippen molar-refractivity contribution in [1.29, 1.82) is 0 Å². The van der Waals surface area contributed by atoms with Crippen LogP contribution in [0.1, 0.15) is 13.8 Å². The molecule has 1 rings (SSSR count). The first kappa shape index (κ1) is 18.3. The number of hydrogen-bond donors (Lipinski definition) is 2. The van der Waals surface area contributed by atoms with Crippen LogP contribution in [0.4, 0.5) is 32.8 Å². The van der Waals surface area contributed by atoms with E-state index in [9.17, 15) is 44.3 Å². The van der Waals surface area contributed by atoms with Gasteiger partial charge in [-0.1, -0.05) is 0 Å². The van der Waals surface area contributed by atoms with E-state index < -0.39 is 60.8 Å². The first-order valence-electron chi connectivity index (χ1n) is 5.86. The molecule has 0 aliphatic rings. The van der Waals surface area contributed by atoms with Crippen LogP contribution in [-0.2, 0) is 9.59 Å². The molecule has 0 aliphatic carbocycles. The van der Waals surface area contributed by atoms with E-state index in [4.69, 9.17) is 0 Å². The summed E-state index contributed by atoms with van der Waals surface area (Å²) in [4.78, 5) is 51.2. The molecule has 13 nitrogen and oxygen atoms in total. The highest BCUT2D eigenvalue weighted by Crippen LogP contribution is 2.48. The van der Waals surface area contributed by atoms with E-state index in [0.717, 1.165) is 13.8 Å². The summed E-state index contributed by atoms with van der Waals surface area (Å²) in [6, 6.07) is 0. The van der Waals surface area contributed by atoms with Crippen molar-refractivity contribution in [3.8, 4) is 0 Å². The third kappa shape index (κ3) is 3.37. The van der Waals surface area contributed by atoms with Gasteiger partial charge in [0.15, 0.2) is 0 Å². The van der Waals surface area contributed by atoms with Gasteiger partial charge in [0.05, 0.1) is 14.8 Å². The molecule has 24 heavy (non-hydrogen) atoms. The number of nitro benzene ring substituents is 3. The zero-order chi connectivity index (χ0) is 18.8. The number of anilines is 2. The standard InChI is InChI=1S/C10H8FN5O8/c1-3(17)12-6-8(14(19)20)5(11)9(15(21)22)7(13-4(2)18)10(6)16(23)24/h1-2H3,(H,12,17)(H,13,18). The largest absolute Gasteiger partial charge is 0.342 e. The average Bonchev–Trinajstić information content (AvgIpc) is 2.35. The minimum Gasteiger partial charge on any atom is -0.315 e. The summed E-state index contributed by atoms with van der Waals surface area (Å²) in [6.07, 6.45) is 0. The molecule has 128 valence electrons. The lowest BCUT2D eigenvalue weighted by molar-refractivity contribution is -0.404. The quantitative estimate of drug-likeness (QED) is 0.592. The topological polar surface area (TPSA) is 188 Å². The maximum absolute atomic E-state index is 14.2. The summed E-state index contributed by atoms with van der Waals surface area (Å²) in [5.41, 5.74) is -7.16. The number of nitrogens with zero attached hydrogens (tertiary/aromatic N) is 3. The Morgan fingerprint density at radius 2 is 1.08 bits per heavy atom. The van der Waals surface area contributed by atoms with Gasteiger partial charge in [0, 0.05) is 13.8 Å². The number of rotatable bonds is 5. The van der Waals surface area contributed by atoms with Crippen LogP contribution in [0.2, 0.25) is 0 Å². The predicted molar refractivity (Wildman–Crippen MR) is 75.0 cm³/mol. The molecule has 14 heteroatoms. The van der Waals surface area contributed by atoms with Crippen molar-refractivity contribution in [1.82, 2.24) is 0 Å². The lowest BCUT2D eigenvalue weighted by Gasteiger charge is -2.10. The van der Waals surface area contributed by atoms with E-state index in [1.165, 1.54) is 0 Å². The van der Waals surface area contributed by atoms with Crippen molar-refractivity contribution >= 4 is 40.3 Å². The van der Waals surface area contributed by atoms with Gasteiger partial charge in [-0.15, -0.1) is 0 Å². The number of amides is 2. The molecule has 2 N–H and O–H groups in total. The van der Waals surface area contributed by atoms with Gasteiger partial charge in [-0.3, -0.25) is 39.9 Å². The monoisotopic (exact) mass is 345 g/mol. The second-order valence-electron chi connectivity index (χ2n) is 4.24. The summed E-state index contributed by atoms with van der Waals surface area (Å²) in [5, 5.41) is 36.6. The molecule has 1 aromatic carbocycles. The fourth-order valence-corrected chi connectivity index (χ4v) is 1.80. The lowest BCUT2D eigenvalue weighted by Crippen LogP contribution is -2.17. The van der Waals surface area contributed by atoms with Crippen LogP contribution in [0.25, 0.3) is 0 Å². The van der Waals surface area contributed by atoms with Crippen LogP contribution in [-0.4, -0.2) is 26.6 Å². The summed E-state index contributed by atoms with van der Waals surface area (Å²) in [5.74, 6) is -4.13. The molecule has 0 unspecified atom stereocenters. The molecule has 0 saturated carbocycles. The maximum Gasteiger partial charge on any atom is 0.342 e. The van der Waals surface area contributed by atoms with Crippen LogP contribution in [0.3, 0.4) is 0 Å². The summed E-state index contributed by atoms with van der Waals surface area (Å²) < 4.78 is 14.2. The number of nitro groups is 3. The first-order valence-corrected chi connectivity index (χ1v) is 5.86. The van der Waals surface area contributed by atoms with Crippen LogP contribution in [0.15, 0.2) is 0 Å². The Labute approximate surface area is 130 Å². The highest BCUT2D eigenvalue weighted by molar-refractivity contribution is 6.04. The highest BCUT2D eigenvalue weighted by Gasteiger charge is 2.43. The zero-order valence-electron chi connectivity index (χ0n) is 12.0. The number of carbonyl (C=O) groups is 2. The van der Waals surface area contributed by atoms with E-state index >= 15 is 0 Å². The van der Waals surface area contributed by atoms with Crippen molar-refractivity contribution in [2.24, 2.45) is 0 Å². The van der Waals surface area contributed by atoms with Crippen LogP contribution in [0, 0.1) is 36.2 Å². The second-order valence-corrected chi connectivity index (χ2v) is 4.24. The van der Waals surface area contributed by atoms with Crippen LogP contribution in [0.5, 0.6) is 0 Å². The van der Waals surface area contributed by atoms with Gasteiger partial charge in [-0.05, 0) is 0 Å². The third-order valence-electron chi connectivity index (χ3n) is 2.51. The lowest BCUT2D eigenvalue weighted by atomic mass is 10.1. The van der Waals surface area contributed by atoms with Crippen molar-refractivity contribution < 1.29 is 28.7 Å². The average molecular weight is 345 g/mol. The summed E-state index contributed by atoms with van der Waals surface area (Å²) in [7, 11) is 0.